The van der Waals surface area contributed by atoms with Gasteiger partial charge >= 0.3 is 0 Å². The Balaban J connectivity index is 1.88. The van der Waals surface area contributed by atoms with Gasteiger partial charge in [0.15, 0.2) is 0 Å². The largest absolute Gasteiger partial charge is 0.343 e. The van der Waals surface area contributed by atoms with Crippen molar-refractivity contribution < 1.29 is 9.59 Å². The number of hydrogen-bond donors (Lipinski definition) is 2. The van der Waals surface area contributed by atoms with Crippen LogP contribution in [0.5, 0.6) is 0 Å². The number of rotatable bonds is 3. The lowest BCUT2D eigenvalue weighted by molar-refractivity contribution is -0.137. The molecule has 0 aromatic carbocycles. The zero-order valence-electron chi connectivity index (χ0n) is 12.0. The fraction of sp³-hybridized carbons (Fsp3) is 0.857. The molecule has 2 rings (SSSR count). The van der Waals surface area contributed by atoms with Crippen molar-refractivity contribution in [2.24, 2.45) is 0 Å². The highest BCUT2D eigenvalue weighted by atomic mass is 16.2. The Morgan fingerprint density at radius 3 is 2.47 bits per heavy atom. The topological polar surface area (TPSA) is 61.4 Å². The van der Waals surface area contributed by atoms with E-state index in [2.05, 4.69) is 10.6 Å². The van der Waals surface area contributed by atoms with Gasteiger partial charge in [0.1, 0.15) is 6.04 Å². The molecule has 0 aliphatic carbocycles. The maximum atomic E-state index is 12.3. The summed E-state index contributed by atoms with van der Waals surface area (Å²) in [6.45, 7) is 6.24. The summed E-state index contributed by atoms with van der Waals surface area (Å²) in [5.74, 6) is -0.00231. The van der Waals surface area contributed by atoms with Crippen LogP contribution in [0, 0.1) is 0 Å². The van der Waals surface area contributed by atoms with E-state index < -0.39 is 11.6 Å². The highest BCUT2D eigenvalue weighted by Gasteiger charge is 2.36. The number of carbonyl (C=O) groups is 2. The summed E-state index contributed by atoms with van der Waals surface area (Å²) in [6, 6.07) is -0.425. The second-order valence-electron chi connectivity index (χ2n) is 5.94. The lowest BCUT2D eigenvalue weighted by Gasteiger charge is -2.34. The van der Waals surface area contributed by atoms with Crippen LogP contribution < -0.4 is 10.6 Å². The fourth-order valence-electron chi connectivity index (χ4n) is 2.88. The summed E-state index contributed by atoms with van der Waals surface area (Å²) in [5.41, 5.74) is -0.516. The third kappa shape index (κ3) is 3.26. The van der Waals surface area contributed by atoms with Crippen LogP contribution in [0.2, 0.25) is 0 Å². The van der Waals surface area contributed by atoms with Gasteiger partial charge in [-0.1, -0.05) is 0 Å². The van der Waals surface area contributed by atoms with Gasteiger partial charge in [0, 0.05) is 13.1 Å². The molecular weight excluding hydrogens is 242 g/mol. The lowest BCUT2D eigenvalue weighted by atomic mass is 9.90. The van der Waals surface area contributed by atoms with Gasteiger partial charge < -0.3 is 15.5 Å². The van der Waals surface area contributed by atoms with Crippen LogP contribution in [0.1, 0.15) is 46.0 Å². The zero-order valence-corrected chi connectivity index (χ0v) is 12.0. The Morgan fingerprint density at radius 1 is 1.21 bits per heavy atom. The van der Waals surface area contributed by atoms with Crippen molar-refractivity contribution in [3.05, 3.63) is 0 Å². The first-order chi connectivity index (χ1) is 9.03. The molecule has 0 saturated carbocycles. The van der Waals surface area contributed by atoms with E-state index in [1.165, 1.54) is 0 Å². The molecule has 2 N–H and O–H groups in total. The number of nitrogens with one attached hydrogen (secondary N) is 2. The summed E-state index contributed by atoms with van der Waals surface area (Å²) in [4.78, 5) is 26.3. The van der Waals surface area contributed by atoms with Gasteiger partial charge in [0.2, 0.25) is 11.8 Å². The number of amides is 2. The Labute approximate surface area is 115 Å². The molecule has 2 fully saturated rings. The van der Waals surface area contributed by atoms with Crippen molar-refractivity contribution in [2.45, 2.75) is 57.5 Å². The minimum atomic E-state index is -0.516. The van der Waals surface area contributed by atoms with Gasteiger partial charge in [-0.15, -0.1) is 0 Å². The molecule has 19 heavy (non-hydrogen) atoms. The molecule has 0 bridgehead atoms. The quantitative estimate of drug-likeness (QED) is 0.789. The molecule has 0 radical (unpaired) electrons. The molecule has 2 aliphatic heterocycles. The van der Waals surface area contributed by atoms with Gasteiger partial charge in [-0.25, -0.2) is 0 Å². The molecule has 2 heterocycles. The first kappa shape index (κ1) is 14.3. The van der Waals surface area contributed by atoms with Crippen molar-refractivity contribution in [1.29, 1.82) is 0 Å². The SMILES string of the molecule is CC(NC(=O)C1(C)CCCCN1)C(=O)N1CCCC1. The predicted molar refractivity (Wildman–Crippen MR) is 73.7 cm³/mol. The van der Waals surface area contributed by atoms with Crippen molar-refractivity contribution in [2.75, 3.05) is 19.6 Å². The van der Waals surface area contributed by atoms with Crippen molar-refractivity contribution in [1.82, 2.24) is 15.5 Å². The Bertz CT molecular complexity index is 345. The van der Waals surface area contributed by atoms with Crippen LogP contribution >= 0.6 is 0 Å². The minimum absolute atomic E-state index is 0.0465. The van der Waals surface area contributed by atoms with Crippen molar-refractivity contribution in [3.63, 3.8) is 0 Å². The standard InChI is InChI=1S/C14H25N3O2/c1-11(12(18)17-9-5-6-10-17)16-13(19)14(2)7-3-4-8-15-14/h11,15H,3-10H2,1-2H3,(H,16,19). The van der Waals surface area contributed by atoms with Gasteiger partial charge in [-0.3, -0.25) is 9.59 Å². The number of hydrogen-bond acceptors (Lipinski definition) is 3. The van der Waals surface area contributed by atoms with Crippen LogP contribution in [-0.2, 0) is 9.59 Å². The summed E-state index contributed by atoms with van der Waals surface area (Å²) in [6.07, 6.45) is 5.16. The number of likely N-dealkylation sites (tertiary alicyclic amines) is 1. The number of nitrogens with zero attached hydrogens (tertiary/aromatic N) is 1. The monoisotopic (exact) mass is 267 g/mol. The van der Waals surface area contributed by atoms with Crippen LogP contribution in [-0.4, -0.2) is 47.9 Å². The second-order valence-corrected chi connectivity index (χ2v) is 5.94. The van der Waals surface area contributed by atoms with Gasteiger partial charge in [-0.05, 0) is 52.5 Å². The van der Waals surface area contributed by atoms with Crippen LogP contribution in [0.4, 0.5) is 0 Å². The molecule has 2 aliphatic rings. The average Bonchev–Trinajstić information content (AvgIpc) is 2.92. The lowest BCUT2D eigenvalue weighted by Crippen LogP contribution is -2.60. The number of carbonyl (C=O) groups excluding carboxylic acids is 2. The molecule has 0 spiro atoms. The van der Waals surface area contributed by atoms with E-state index in [4.69, 9.17) is 0 Å². The van der Waals surface area contributed by atoms with Gasteiger partial charge in [-0.2, -0.15) is 0 Å². The van der Waals surface area contributed by atoms with Crippen molar-refractivity contribution in [3.8, 4) is 0 Å². The summed E-state index contributed by atoms with van der Waals surface area (Å²) >= 11 is 0. The maximum Gasteiger partial charge on any atom is 0.244 e. The molecular formula is C14H25N3O2. The number of piperidine rings is 1. The summed E-state index contributed by atoms with van der Waals surface area (Å²) < 4.78 is 0. The van der Waals surface area contributed by atoms with E-state index in [-0.39, 0.29) is 11.8 Å². The minimum Gasteiger partial charge on any atom is -0.343 e. The highest BCUT2D eigenvalue weighted by molar-refractivity contribution is 5.91. The molecule has 5 heteroatoms. The third-order valence-corrected chi connectivity index (χ3v) is 4.26. The Morgan fingerprint density at radius 2 is 1.89 bits per heavy atom. The van der Waals surface area contributed by atoms with E-state index in [9.17, 15) is 9.59 Å². The van der Waals surface area contributed by atoms with E-state index >= 15 is 0 Å². The molecule has 2 atom stereocenters. The molecule has 2 unspecified atom stereocenters. The second kappa shape index (κ2) is 5.90. The van der Waals surface area contributed by atoms with E-state index in [1.54, 1.807) is 6.92 Å². The molecule has 2 saturated heterocycles. The smallest absolute Gasteiger partial charge is 0.244 e. The molecule has 0 aromatic heterocycles. The van der Waals surface area contributed by atoms with Crippen LogP contribution in [0.3, 0.4) is 0 Å². The molecule has 108 valence electrons. The zero-order chi connectivity index (χ0) is 13.9. The molecule has 5 nitrogen and oxygen atoms in total. The molecule has 0 aromatic rings. The van der Waals surface area contributed by atoms with Crippen molar-refractivity contribution >= 4 is 11.8 Å². The van der Waals surface area contributed by atoms with E-state index in [1.807, 2.05) is 11.8 Å². The maximum absolute atomic E-state index is 12.3. The van der Waals surface area contributed by atoms with Crippen LogP contribution in [0.15, 0.2) is 0 Å². The van der Waals surface area contributed by atoms with Crippen LogP contribution in [0.25, 0.3) is 0 Å². The average molecular weight is 267 g/mol. The van der Waals surface area contributed by atoms with Gasteiger partial charge in [0.25, 0.3) is 0 Å². The Kier molecular flexibility index (Phi) is 4.45. The normalized spacial score (nSPS) is 29.1. The van der Waals surface area contributed by atoms with Gasteiger partial charge in [0.05, 0.1) is 5.54 Å². The first-order valence-electron chi connectivity index (χ1n) is 7.38. The fourth-order valence-corrected chi connectivity index (χ4v) is 2.88. The molecule has 2 amide bonds. The third-order valence-electron chi connectivity index (χ3n) is 4.26. The van der Waals surface area contributed by atoms with E-state index in [0.29, 0.717) is 0 Å². The van der Waals surface area contributed by atoms with E-state index in [0.717, 1.165) is 51.7 Å². The predicted octanol–water partition coefficient (Wildman–Crippen LogP) is 0.646. The summed E-state index contributed by atoms with van der Waals surface area (Å²) in [5, 5.41) is 6.15. The summed E-state index contributed by atoms with van der Waals surface area (Å²) in [7, 11) is 0. The highest BCUT2D eigenvalue weighted by Crippen LogP contribution is 2.19. The first-order valence-corrected chi connectivity index (χ1v) is 7.38. The Hall–Kier alpha value is -1.10.